The first-order valence-corrected chi connectivity index (χ1v) is 10.1. The summed E-state index contributed by atoms with van der Waals surface area (Å²) < 4.78 is 8.10. The number of Topliss-reactive ketones (excluding diaryl/α,β-unsaturated/α-hetero) is 1. The van der Waals surface area contributed by atoms with E-state index in [0.717, 1.165) is 46.0 Å². The number of hydrogen-bond donors (Lipinski definition) is 1. The molecule has 1 aliphatic rings. The molecule has 29 heavy (non-hydrogen) atoms. The number of fused-ring (bicyclic) bond motifs is 3. The molecule has 0 spiro atoms. The average molecular weight is 389 g/mol. The summed E-state index contributed by atoms with van der Waals surface area (Å²) in [4.78, 5) is 17.4. The fourth-order valence-corrected chi connectivity index (χ4v) is 3.92. The molecule has 0 amide bonds. The van der Waals surface area contributed by atoms with Crippen molar-refractivity contribution in [3.8, 4) is 5.75 Å². The van der Waals surface area contributed by atoms with Crippen LogP contribution in [0.4, 0.5) is 5.95 Å². The Labute approximate surface area is 171 Å². The van der Waals surface area contributed by atoms with Crippen LogP contribution in [-0.4, -0.2) is 21.9 Å². The van der Waals surface area contributed by atoms with Gasteiger partial charge in [0.1, 0.15) is 5.75 Å². The largest absolute Gasteiger partial charge is 0.494 e. The number of rotatable bonds is 6. The Hall–Kier alpha value is -3.08. The molecule has 2 aromatic carbocycles. The van der Waals surface area contributed by atoms with Gasteiger partial charge in [-0.25, -0.2) is 4.98 Å². The van der Waals surface area contributed by atoms with Crippen molar-refractivity contribution in [2.75, 3.05) is 11.9 Å². The maximum Gasteiger partial charge on any atom is 0.209 e. The van der Waals surface area contributed by atoms with Crippen LogP contribution in [-0.2, 0) is 4.79 Å². The number of nitrogens with one attached hydrogen (secondary N) is 1. The lowest BCUT2D eigenvalue weighted by atomic mass is 9.92. The minimum Gasteiger partial charge on any atom is -0.494 e. The summed E-state index contributed by atoms with van der Waals surface area (Å²) in [5.74, 6) is 2.23. The summed E-state index contributed by atoms with van der Waals surface area (Å²) in [6.45, 7) is 8.62. The highest BCUT2D eigenvalue weighted by Crippen LogP contribution is 2.40. The summed E-state index contributed by atoms with van der Waals surface area (Å²) >= 11 is 0. The molecule has 5 nitrogen and oxygen atoms in total. The van der Waals surface area contributed by atoms with E-state index in [4.69, 9.17) is 9.72 Å². The molecule has 1 N–H and O–H groups in total. The second-order valence-corrected chi connectivity index (χ2v) is 8.02. The number of anilines is 1. The number of carbonyl (C=O) groups excluding carboxylic acids is 1. The van der Waals surface area contributed by atoms with E-state index in [9.17, 15) is 4.79 Å². The lowest BCUT2D eigenvalue weighted by Crippen LogP contribution is -2.27. The predicted octanol–water partition coefficient (Wildman–Crippen LogP) is 5.34. The second-order valence-electron chi connectivity index (χ2n) is 8.02. The number of hydrogen-bond acceptors (Lipinski definition) is 4. The Morgan fingerprint density at radius 1 is 1.21 bits per heavy atom. The molecule has 0 unspecified atom stereocenters. The lowest BCUT2D eigenvalue weighted by Gasteiger charge is -2.30. The highest BCUT2D eigenvalue weighted by molar-refractivity contribution is 5.97. The highest BCUT2D eigenvalue weighted by atomic mass is 16.5. The SMILES string of the molecule is CC(=O)C1=C(C)Nc2nc3ccccc3n2[C@H]1c1cccc(OCCC(C)C)c1. The van der Waals surface area contributed by atoms with Crippen molar-refractivity contribution in [3.05, 3.63) is 65.4 Å². The van der Waals surface area contributed by atoms with Crippen molar-refractivity contribution in [1.29, 1.82) is 0 Å². The van der Waals surface area contributed by atoms with E-state index in [2.05, 4.69) is 29.8 Å². The van der Waals surface area contributed by atoms with Crippen molar-refractivity contribution in [2.24, 2.45) is 5.92 Å². The van der Waals surface area contributed by atoms with E-state index in [0.29, 0.717) is 12.5 Å². The molecule has 1 atom stereocenters. The van der Waals surface area contributed by atoms with Gasteiger partial charge in [-0.05, 0) is 56.0 Å². The smallest absolute Gasteiger partial charge is 0.209 e. The Morgan fingerprint density at radius 3 is 2.76 bits per heavy atom. The quantitative estimate of drug-likeness (QED) is 0.618. The lowest BCUT2D eigenvalue weighted by molar-refractivity contribution is -0.114. The van der Waals surface area contributed by atoms with Crippen LogP contribution < -0.4 is 10.1 Å². The van der Waals surface area contributed by atoms with Gasteiger partial charge < -0.3 is 10.1 Å². The summed E-state index contributed by atoms with van der Waals surface area (Å²) in [6, 6.07) is 15.8. The Morgan fingerprint density at radius 2 is 2.00 bits per heavy atom. The number of imidazole rings is 1. The van der Waals surface area contributed by atoms with Gasteiger partial charge in [-0.1, -0.05) is 38.1 Å². The van der Waals surface area contributed by atoms with Crippen LogP contribution in [0.5, 0.6) is 5.75 Å². The maximum absolute atomic E-state index is 12.6. The van der Waals surface area contributed by atoms with Gasteiger partial charge >= 0.3 is 0 Å². The number of carbonyl (C=O) groups is 1. The average Bonchev–Trinajstić information content (AvgIpc) is 3.04. The van der Waals surface area contributed by atoms with Crippen molar-refractivity contribution in [2.45, 2.75) is 40.2 Å². The second kappa shape index (κ2) is 7.74. The third-order valence-electron chi connectivity index (χ3n) is 5.35. The molecule has 0 saturated carbocycles. The number of para-hydroxylation sites is 2. The first-order valence-electron chi connectivity index (χ1n) is 10.1. The molecular formula is C24H27N3O2. The van der Waals surface area contributed by atoms with Crippen LogP contribution in [0.3, 0.4) is 0 Å². The Balaban J connectivity index is 1.82. The Kier molecular flexibility index (Phi) is 5.14. The number of benzene rings is 2. The van der Waals surface area contributed by atoms with Crippen LogP contribution in [0.25, 0.3) is 11.0 Å². The van der Waals surface area contributed by atoms with Gasteiger partial charge in [-0.2, -0.15) is 0 Å². The maximum atomic E-state index is 12.6. The molecule has 3 aromatic rings. The van der Waals surface area contributed by atoms with Crippen LogP contribution in [0.15, 0.2) is 59.8 Å². The fourth-order valence-electron chi connectivity index (χ4n) is 3.92. The van der Waals surface area contributed by atoms with Gasteiger partial charge in [0.2, 0.25) is 5.95 Å². The molecular weight excluding hydrogens is 362 g/mol. The third-order valence-corrected chi connectivity index (χ3v) is 5.35. The van der Waals surface area contributed by atoms with Gasteiger partial charge in [0.05, 0.1) is 23.7 Å². The van der Waals surface area contributed by atoms with Crippen molar-refractivity contribution < 1.29 is 9.53 Å². The topological polar surface area (TPSA) is 56.2 Å². The zero-order chi connectivity index (χ0) is 20.5. The zero-order valence-corrected chi connectivity index (χ0v) is 17.4. The van der Waals surface area contributed by atoms with Crippen molar-refractivity contribution in [1.82, 2.24) is 9.55 Å². The molecule has 0 bridgehead atoms. The van der Waals surface area contributed by atoms with E-state index in [1.165, 1.54) is 0 Å². The highest BCUT2D eigenvalue weighted by Gasteiger charge is 2.32. The van der Waals surface area contributed by atoms with Gasteiger partial charge in [0, 0.05) is 11.3 Å². The summed E-state index contributed by atoms with van der Waals surface area (Å²) in [7, 11) is 0. The van der Waals surface area contributed by atoms with E-state index in [1.54, 1.807) is 6.92 Å². The van der Waals surface area contributed by atoms with Crippen LogP contribution in [0, 0.1) is 5.92 Å². The van der Waals surface area contributed by atoms with Crippen LogP contribution >= 0.6 is 0 Å². The zero-order valence-electron chi connectivity index (χ0n) is 17.4. The predicted molar refractivity (Wildman–Crippen MR) is 116 cm³/mol. The van der Waals surface area contributed by atoms with E-state index in [1.807, 2.05) is 49.4 Å². The first-order chi connectivity index (χ1) is 14.0. The van der Waals surface area contributed by atoms with E-state index in [-0.39, 0.29) is 11.8 Å². The normalized spacial score (nSPS) is 16.1. The molecule has 0 radical (unpaired) electrons. The molecule has 1 aromatic heterocycles. The van der Waals surface area contributed by atoms with Gasteiger partial charge in [0.25, 0.3) is 0 Å². The molecule has 5 heteroatoms. The monoisotopic (exact) mass is 389 g/mol. The van der Waals surface area contributed by atoms with E-state index < -0.39 is 0 Å². The standard InChI is InChI=1S/C24H27N3O2/c1-15(2)12-13-29-19-9-7-8-18(14-19)23-22(17(4)28)16(3)25-24-26-20-10-5-6-11-21(20)27(23)24/h5-11,14-15,23H,12-13H2,1-4H3,(H,25,26)/t23-/m0/s1. The number of allylic oxidation sites excluding steroid dienone is 2. The third kappa shape index (κ3) is 3.65. The summed E-state index contributed by atoms with van der Waals surface area (Å²) in [5.41, 5.74) is 4.51. The molecule has 0 fully saturated rings. The molecule has 0 aliphatic carbocycles. The van der Waals surface area contributed by atoms with E-state index >= 15 is 0 Å². The number of nitrogens with zero attached hydrogens (tertiary/aromatic N) is 2. The fraction of sp³-hybridized carbons (Fsp3) is 0.333. The van der Waals surface area contributed by atoms with Gasteiger partial charge in [0.15, 0.2) is 5.78 Å². The number of aromatic nitrogens is 2. The molecule has 2 heterocycles. The minimum atomic E-state index is -0.246. The minimum absolute atomic E-state index is 0.0505. The van der Waals surface area contributed by atoms with Crippen molar-refractivity contribution in [3.63, 3.8) is 0 Å². The molecule has 4 rings (SSSR count). The van der Waals surface area contributed by atoms with Gasteiger partial charge in [-0.15, -0.1) is 0 Å². The van der Waals surface area contributed by atoms with Crippen molar-refractivity contribution >= 4 is 22.8 Å². The summed E-state index contributed by atoms with van der Waals surface area (Å²) in [5, 5.41) is 3.32. The molecule has 1 aliphatic heterocycles. The first kappa shape index (κ1) is 19.2. The Bertz CT molecular complexity index is 1090. The summed E-state index contributed by atoms with van der Waals surface area (Å²) in [6.07, 6.45) is 1.01. The van der Waals surface area contributed by atoms with Gasteiger partial charge in [-0.3, -0.25) is 9.36 Å². The molecule has 150 valence electrons. The molecule has 0 saturated heterocycles. The van der Waals surface area contributed by atoms with Crippen LogP contribution in [0.1, 0.15) is 45.7 Å². The van der Waals surface area contributed by atoms with Crippen LogP contribution in [0.2, 0.25) is 0 Å². The number of ether oxygens (including phenoxy) is 1. The number of ketones is 1.